The van der Waals surface area contributed by atoms with Gasteiger partial charge in [0.2, 0.25) is 5.43 Å². The average Bonchev–Trinajstić information content (AvgIpc) is 2.87. The van der Waals surface area contributed by atoms with Crippen LogP contribution in [0, 0.1) is 5.92 Å². The summed E-state index contributed by atoms with van der Waals surface area (Å²) in [6.45, 7) is 8.97. The number of nitrogens with two attached hydrogens (primary N) is 1. The largest absolute Gasteiger partial charge is 0.370 e. The highest BCUT2D eigenvalue weighted by molar-refractivity contribution is 7.23. The lowest BCUT2D eigenvalue weighted by molar-refractivity contribution is -0.0402. The SMILES string of the molecule is CC(C)Cc1nc2sc3c(ncn3N)c(=O)c2c2c1COC(C)(C)C2. The average molecular weight is 358 g/mol. The van der Waals surface area contributed by atoms with Gasteiger partial charge in [-0.3, -0.25) is 4.79 Å². The summed E-state index contributed by atoms with van der Waals surface area (Å²) in [6.07, 6.45) is 3.04. The minimum Gasteiger partial charge on any atom is -0.370 e. The number of nitrogen functional groups attached to an aromatic ring is 1. The predicted octanol–water partition coefficient (Wildman–Crippen LogP) is 2.77. The number of imidazole rings is 1. The van der Waals surface area contributed by atoms with E-state index in [0.29, 0.717) is 34.7 Å². The van der Waals surface area contributed by atoms with Gasteiger partial charge in [-0.2, -0.15) is 0 Å². The summed E-state index contributed by atoms with van der Waals surface area (Å²) in [5.41, 5.74) is 3.24. The molecule has 0 aromatic carbocycles. The molecule has 3 aromatic rings. The molecule has 0 saturated carbocycles. The van der Waals surface area contributed by atoms with Crippen LogP contribution in [0.3, 0.4) is 0 Å². The number of hydrogen-bond acceptors (Lipinski definition) is 6. The summed E-state index contributed by atoms with van der Waals surface area (Å²) >= 11 is 1.44. The molecule has 132 valence electrons. The minimum atomic E-state index is -0.296. The molecule has 4 rings (SSSR count). The second-order valence-electron chi connectivity index (χ2n) is 7.76. The van der Waals surface area contributed by atoms with Gasteiger partial charge in [0.15, 0.2) is 0 Å². The summed E-state index contributed by atoms with van der Waals surface area (Å²) in [5, 5.41) is 0.690. The van der Waals surface area contributed by atoms with E-state index >= 15 is 0 Å². The van der Waals surface area contributed by atoms with Gasteiger partial charge < -0.3 is 10.6 Å². The molecule has 1 aliphatic rings. The zero-order chi connectivity index (χ0) is 17.9. The maximum Gasteiger partial charge on any atom is 0.217 e. The molecule has 2 N–H and O–H groups in total. The van der Waals surface area contributed by atoms with Crippen molar-refractivity contribution in [1.29, 1.82) is 0 Å². The summed E-state index contributed by atoms with van der Waals surface area (Å²) in [4.78, 5) is 23.6. The second-order valence-corrected chi connectivity index (χ2v) is 8.73. The van der Waals surface area contributed by atoms with Crippen molar-refractivity contribution in [2.45, 2.75) is 52.7 Å². The zero-order valence-electron chi connectivity index (χ0n) is 14.9. The predicted molar refractivity (Wildman–Crippen MR) is 100 cm³/mol. The number of nitrogens with zero attached hydrogens (tertiary/aromatic N) is 3. The topological polar surface area (TPSA) is 83.0 Å². The Bertz CT molecular complexity index is 1050. The van der Waals surface area contributed by atoms with Crippen LogP contribution in [0.4, 0.5) is 0 Å². The van der Waals surface area contributed by atoms with Gasteiger partial charge in [-0.15, -0.1) is 0 Å². The molecule has 1 aliphatic heterocycles. The van der Waals surface area contributed by atoms with Crippen molar-refractivity contribution >= 4 is 31.9 Å². The fourth-order valence-corrected chi connectivity index (χ4v) is 4.54. The van der Waals surface area contributed by atoms with Crippen LogP contribution >= 0.6 is 11.3 Å². The van der Waals surface area contributed by atoms with Gasteiger partial charge in [-0.25, -0.2) is 14.6 Å². The highest BCUT2D eigenvalue weighted by Crippen LogP contribution is 2.35. The van der Waals surface area contributed by atoms with Crippen LogP contribution in [0.25, 0.3) is 20.6 Å². The quantitative estimate of drug-likeness (QED) is 0.712. The molecular weight excluding hydrogens is 336 g/mol. The first-order valence-electron chi connectivity index (χ1n) is 8.50. The van der Waals surface area contributed by atoms with Crippen molar-refractivity contribution in [1.82, 2.24) is 14.6 Å². The number of hydrogen-bond donors (Lipinski definition) is 1. The molecule has 0 aliphatic carbocycles. The van der Waals surface area contributed by atoms with Crippen LogP contribution in [-0.4, -0.2) is 20.2 Å². The van der Waals surface area contributed by atoms with E-state index in [1.807, 2.05) is 0 Å². The number of rotatable bonds is 2. The van der Waals surface area contributed by atoms with Crippen molar-refractivity contribution in [3.8, 4) is 0 Å². The van der Waals surface area contributed by atoms with E-state index in [1.54, 1.807) is 0 Å². The van der Waals surface area contributed by atoms with Crippen molar-refractivity contribution in [3.63, 3.8) is 0 Å². The van der Waals surface area contributed by atoms with Gasteiger partial charge in [0, 0.05) is 17.7 Å². The third-order valence-electron chi connectivity index (χ3n) is 4.66. The third-order valence-corrected chi connectivity index (χ3v) is 5.75. The van der Waals surface area contributed by atoms with Crippen LogP contribution in [-0.2, 0) is 24.2 Å². The van der Waals surface area contributed by atoms with E-state index in [-0.39, 0.29) is 11.0 Å². The van der Waals surface area contributed by atoms with E-state index in [9.17, 15) is 4.79 Å². The summed E-state index contributed by atoms with van der Waals surface area (Å²) < 4.78 is 7.42. The Morgan fingerprint density at radius 1 is 1.40 bits per heavy atom. The second kappa shape index (κ2) is 5.51. The van der Waals surface area contributed by atoms with E-state index in [1.165, 1.54) is 22.3 Å². The Kier molecular flexibility index (Phi) is 3.63. The lowest BCUT2D eigenvalue weighted by Gasteiger charge is -2.33. The number of ether oxygens (including phenoxy) is 1. The molecule has 25 heavy (non-hydrogen) atoms. The van der Waals surface area contributed by atoms with Gasteiger partial charge in [-0.05, 0) is 31.7 Å². The molecule has 0 spiro atoms. The number of aromatic nitrogens is 3. The van der Waals surface area contributed by atoms with Gasteiger partial charge >= 0.3 is 0 Å². The Balaban J connectivity index is 2.11. The fraction of sp³-hybridized carbons (Fsp3) is 0.500. The molecule has 0 amide bonds. The number of fused-ring (bicyclic) bond motifs is 4. The highest BCUT2D eigenvalue weighted by atomic mass is 32.1. The Morgan fingerprint density at radius 2 is 2.16 bits per heavy atom. The van der Waals surface area contributed by atoms with Gasteiger partial charge in [0.25, 0.3) is 0 Å². The minimum absolute atomic E-state index is 0.0782. The summed E-state index contributed by atoms with van der Waals surface area (Å²) in [7, 11) is 0. The monoisotopic (exact) mass is 358 g/mol. The normalized spacial score (nSPS) is 16.7. The van der Waals surface area contributed by atoms with E-state index in [4.69, 9.17) is 15.6 Å². The van der Waals surface area contributed by atoms with Gasteiger partial charge in [-0.1, -0.05) is 25.2 Å². The van der Waals surface area contributed by atoms with E-state index in [2.05, 4.69) is 32.7 Å². The first-order valence-corrected chi connectivity index (χ1v) is 9.32. The molecule has 0 radical (unpaired) electrons. The van der Waals surface area contributed by atoms with Gasteiger partial charge in [0.1, 0.15) is 21.5 Å². The maximum atomic E-state index is 13.1. The summed E-state index contributed by atoms with van der Waals surface area (Å²) in [6, 6.07) is 0. The molecule has 0 saturated heterocycles. The molecule has 7 heteroatoms. The van der Waals surface area contributed by atoms with Crippen molar-refractivity contribution < 1.29 is 4.74 Å². The lowest BCUT2D eigenvalue weighted by Crippen LogP contribution is -2.33. The van der Waals surface area contributed by atoms with Crippen molar-refractivity contribution in [3.05, 3.63) is 33.4 Å². The molecule has 4 heterocycles. The first-order chi connectivity index (χ1) is 11.8. The Hall–Kier alpha value is -1.99. The first kappa shape index (κ1) is 16.5. The molecule has 0 unspecified atom stereocenters. The third kappa shape index (κ3) is 2.62. The molecular formula is C18H22N4O2S. The number of pyridine rings is 1. The molecule has 0 atom stereocenters. The Morgan fingerprint density at radius 3 is 2.88 bits per heavy atom. The lowest BCUT2D eigenvalue weighted by atomic mass is 9.88. The molecule has 3 aromatic heterocycles. The van der Waals surface area contributed by atoms with Crippen LogP contribution < -0.4 is 11.3 Å². The molecule has 0 fully saturated rings. The smallest absolute Gasteiger partial charge is 0.217 e. The standard InChI is InChI=1S/C18H22N4O2S/c1-9(2)5-12-11-7-24-18(3,4)6-10(11)13-15(23)14-17(22(19)8-20-14)25-16(13)21-12/h8-9H,5-7,19H2,1-4H3. The van der Waals surface area contributed by atoms with Crippen molar-refractivity contribution in [2.75, 3.05) is 5.84 Å². The zero-order valence-corrected chi connectivity index (χ0v) is 15.7. The maximum absolute atomic E-state index is 13.1. The van der Waals surface area contributed by atoms with Crippen LogP contribution in [0.1, 0.15) is 44.5 Å². The molecule has 6 nitrogen and oxygen atoms in total. The van der Waals surface area contributed by atoms with E-state index < -0.39 is 0 Å². The van der Waals surface area contributed by atoms with Crippen LogP contribution in [0.2, 0.25) is 0 Å². The van der Waals surface area contributed by atoms with E-state index in [0.717, 1.165) is 28.1 Å². The summed E-state index contributed by atoms with van der Waals surface area (Å²) in [5.74, 6) is 6.39. The van der Waals surface area contributed by atoms with Crippen molar-refractivity contribution in [2.24, 2.45) is 5.92 Å². The van der Waals surface area contributed by atoms with Gasteiger partial charge in [0.05, 0.1) is 17.6 Å². The highest BCUT2D eigenvalue weighted by Gasteiger charge is 2.31. The van der Waals surface area contributed by atoms with Crippen LogP contribution in [0.5, 0.6) is 0 Å². The fourth-order valence-electron chi connectivity index (χ4n) is 3.49. The van der Waals surface area contributed by atoms with Crippen LogP contribution in [0.15, 0.2) is 11.1 Å². The Labute approximate surface area is 149 Å². The molecule has 0 bridgehead atoms.